The van der Waals surface area contributed by atoms with Crippen molar-refractivity contribution < 1.29 is 8.42 Å². The molecule has 0 aliphatic rings. The molecule has 1 heterocycles. The van der Waals surface area contributed by atoms with Crippen LogP contribution >= 0.6 is 0 Å². The van der Waals surface area contributed by atoms with E-state index in [0.717, 1.165) is 24.2 Å². The maximum atomic E-state index is 11.6. The molecule has 0 amide bonds. The van der Waals surface area contributed by atoms with Gasteiger partial charge >= 0.3 is 0 Å². The van der Waals surface area contributed by atoms with Crippen LogP contribution in [0.3, 0.4) is 0 Å². The van der Waals surface area contributed by atoms with Gasteiger partial charge in [0.15, 0.2) is 0 Å². The number of hydrogen-bond donors (Lipinski definition) is 1. The highest BCUT2D eigenvalue weighted by Crippen LogP contribution is 2.06. The van der Waals surface area contributed by atoms with E-state index in [1.165, 1.54) is 0 Å². The van der Waals surface area contributed by atoms with Crippen LogP contribution in [-0.4, -0.2) is 24.0 Å². The molecule has 6 heteroatoms. The van der Waals surface area contributed by atoms with Crippen LogP contribution in [0.5, 0.6) is 0 Å². The largest absolute Gasteiger partial charge is 0.272 e. The second kappa shape index (κ2) is 6.16. The number of aryl methyl sites for hydroxylation is 2. The molecule has 1 N–H and O–H groups in total. The van der Waals surface area contributed by atoms with Crippen molar-refractivity contribution in [3.05, 3.63) is 17.5 Å². The first-order valence-electron chi connectivity index (χ1n) is 5.98. The normalized spacial score (nSPS) is 11.9. The Kier molecular flexibility index (Phi) is 5.14. The van der Waals surface area contributed by atoms with Crippen molar-refractivity contribution >= 4 is 10.0 Å². The molecule has 0 radical (unpaired) electrons. The molecule has 0 aliphatic carbocycles. The topological polar surface area (TPSA) is 64.0 Å². The highest BCUT2D eigenvalue weighted by Gasteiger charge is 2.11. The monoisotopic (exact) mass is 259 g/mol. The van der Waals surface area contributed by atoms with Gasteiger partial charge in [0.25, 0.3) is 0 Å². The van der Waals surface area contributed by atoms with E-state index in [9.17, 15) is 8.42 Å². The molecule has 0 atom stereocenters. The number of nitrogens with one attached hydrogen (secondary N) is 1. The summed E-state index contributed by atoms with van der Waals surface area (Å²) in [5.74, 6) is 0.199. The van der Waals surface area contributed by atoms with Crippen LogP contribution in [0, 0.1) is 6.92 Å². The smallest absolute Gasteiger partial charge is 0.211 e. The average Bonchev–Trinajstić information content (AvgIpc) is 2.65. The first-order valence-corrected chi connectivity index (χ1v) is 7.64. The molecule has 0 aliphatic heterocycles. The molecule has 1 aromatic rings. The molecule has 98 valence electrons. The number of sulfonamides is 1. The molecule has 5 nitrogen and oxygen atoms in total. The van der Waals surface area contributed by atoms with Gasteiger partial charge in [-0.25, -0.2) is 13.1 Å². The van der Waals surface area contributed by atoms with E-state index in [4.69, 9.17) is 0 Å². The number of hydrogen-bond acceptors (Lipinski definition) is 3. The van der Waals surface area contributed by atoms with Crippen LogP contribution in [0.25, 0.3) is 0 Å². The fourth-order valence-corrected chi connectivity index (χ4v) is 2.68. The Bertz CT molecular complexity index is 451. The van der Waals surface area contributed by atoms with Crippen LogP contribution in [0.1, 0.15) is 37.9 Å². The molecule has 0 aromatic carbocycles. The van der Waals surface area contributed by atoms with Gasteiger partial charge in [-0.3, -0.25) is 4.68 Å². The lowest BCUT2D eigenvalue weighted by Gasteiger charge is -2.04. The van der Waals surface area contributed by atoms with Gasteiger partial charge in [0.05, 0.1) is 11.4 Å². The summed E-state index contributed by atoms with van der Waals surface area (Å²) >= 11 is 0. The maximum Gasteiger partial charge on any atom is 0.211 e. The molecule has 1 aromatic heterocycles. The third kappa shape index (κ3) is 4.47. The Balaban J connectivity index is 2.57. The molecule has 0 spiro atoms. The summed E-state index contributed by atoms with van der Waals surface area (Å²) in [5, 5.41) is 4.27. The first kappa shape index (κ1) is 14.2. The van der Waals surface area contributed by atoms with E-state index in [2.05, 4.69) is 9.82 Å². The van der Waals surface area contributed by atoms with E-state index in [1.807, 2.05) is 31.6 Å². The quantitative estimate of drug-likeness (QED) is 0.805. The average molecular weight is 259 g/mol. The lowest BCUT2D eigenvalue weighted by atomic mass is 10.3. The van der Waals surface area contributed by atoms with Crippen molar-refractivity contribution in [2.45, 2.75) is 46.7 Å². The number of aromatic nitrogens is 2. The zero-order valence-electron chi connectivity index (χ0n) is 10.7. The van der Waals surface area contributed by atoms with Gasteiger partial charge in [0.1, 0.15) is 0 Å². The van der Waals surface area contributed by atoms with Gasteiger partial charge in [-0.15, -0.1) is 0 Å². The Morgan fingerprint density at radius 3 is 2.65 bits per heavy atom. The summed E-state index contributed by atoms with van der Waals surface area (Å²) in [7, 11) is -3.14. The Hall–Kier alpha value is -0.880. The van der Waals surface area contributed by atoms with E-state index in [1.54, 1.807) is 0 Å². The molecule has 0 saturated carbocycles. The number of unbranched alkanes of at least 4 members (excludes halogenated alkanes) is 1. The van der Waals surface area contributed by atoms with E-state index in [-0.39, 0.29) is 5.75 Å². The minimum absolute atomic E-state index is 0.199. The SMILES string of the molecule is CCCCS(=O)(=O)NCc1cn(CC)nc1C. The zero-order valence-corrected chi connectivity index (χ0v) is 11.5. The maximum absolute atomic E-state index is 11.6. The molecule has 17 heavy (non-hydrogen) atoms. The van der Waals surface area contributed by atoms with Crippen molar-refractivity contribution in [1.82, 2.24) is 14.5 Å². The van der Waals surface area contributed by atoms with Crippen molar-refractivity contribution in [3.63, 3.8) is 0 Å². The lowest BCUT2D eigenvalue weighted by Crippen LogP contribution is -2.26. The van der Waals surface area contributed by atoms with E-state index >= 15 is 0 Å². The van der Waals surface area contributed by atoms with Gasteiger partial charge in [-0.05, 0) is 20.3 Å². The van der Waals surface area contributed by atoms with Crippen LogP contribution in [0.2, 0.25) is 0 Å². The van der Waals surface area contributed by atoms with Gasteiger partial charge < -0.3 is 0 Å². The summed E-state index contributed by atoms with van der Waals surface area (Å²) in [5.41, 5.74) is 1.82. The fraction of sp³-hybridized carbons (Fsp3) is 0.727. The third-order valence-corrected chi connectivity index (χ3v) is 4.03. The molecule has 0 saturated heterocycles. The molecule has 0 fully saturated rings. The van der Waals surface area contributed by atoms with Crippen LogP contribution in [0.4, 0.5) is 0 Å². The summed E-state index contributed by atoms with van der Waals surface area (Å²) < 4.78 is 27.6. The Morgan fingerprint density at radius 1 is 1.41 bits per heavy atom. The molecular weight excluding hydrogens is 238 g/mol. The van der Waals surface area contributed by atoms with Gasteiger partial charge in [0.2, 0.25) is 10.0 Å². The Labute approximate surface area is 103 Å². The van der Waals surface area contributed by atoms with Gasteiger partial charge in [-0.2, -0.15) is 5.10 Å². The lowest BCUT2D eigenvalue weighted by molar-refractivity contribution is 0.577. The summed E-state index contributed by atoms with van der Waals surface area (Å²) in [6.07, 6.45) is 3.47. The van der Waals surface area contributed by atoms with Gasteiger partial charge in [-0.1, -0.05) is 13.3 Å². The molecule has 1 rings (SSSR count). The molecular formula is C11H21N3O2S. The van der Waals surface area contributed by atoms with E-state index < -0.39 is 10.0 Å². The van der Waals surface area contributed by atoms with Gasteiger partial charge in [0, 0.05) is 24.8 Å². The highest BCUT2D eigenvalue weighted by molar-refractivity contribution is 7.89. The summed E-state index contributed by atoms with van der Waals surface area (Å²) in [6, 6.07) is 0. The van der Waals surface area contributed by atoms with Crippen LogP contribution in [0.15, 0.2) is 6.20 Å². The zero-order chi connectivity index (χ0) is 12.9. The van der Waals surface area contributed by atoms with Crippen molar-refractivity contribution in [2.24, 2.45) is 0 Å². The highest BCUT2D eigenvalue weighted by atomic mass is 32.2. The van der Waals surface area contributed by atoms with Crippen molar-refractivity contribution in [2.75, 3.05) is 5.75 Å². The third-order valence-electron chi connectivity index (χ3n) is 2.62. The predicted octanol–water partition coefficient (Wildman–Crippen LogP) is 1.43. The summed E-state index contributed by atoms with van der Waals surface area (Å²) in [6.45, 7) is 7.00. The Morgan fingerprint density at radius 2 is 2.12 bits per heavy atom. The standard InChI is InChI=1S/C11H21N3O2S/c1-4-6-7-17(15,16)12-8-11-9-14(5-2)13-10(11)3/h9,12H,4-8H2,1-3H3. The first-order chi connectivity index (χ1) is 7.98. The minimum Gasteiger partial charge on any atom is -0.272 e. The van der Waals surface area contributed by atoms with Crippen LogP contribution < -0.4 is 4.72 Å². The number of nitrogens with zero attached hydrogens (tertiary/aromatic N) is 2. The van der Waals surface area contributed by atoms with E-state index in [0.29, 0.717) is 13.0 Å². The molecule has 0 unspecified atom stereocenters. The van der Waals surface area contributed by atoms with Crippen molar-refractivity contribution in [1.29, 1.82) is 0 Å². The van der Waals surface area contributed by atoms with Crippen molar-refractivity contribution in [3.8, 4) is 0 Å². The number of rotatable bonds is 7. The minimum atomic E-state index is -3.14. The summed E-state index contributed by atoms with van der Waals surface area (Å²) in [4.78, 5) is 0. The van der Waals surface area contributed by atoms with Crippen LogP contribution in [-0.2, 0) is 23.1 Å². The second-order valence-electron chi connectivity index (χ2n) is 4.09. The molecule has 0 bridgehead atoms. The fourth-order valence-electron chi connectivity index (χ4n) is 1.49. The predicted molar refractivity (Wildman–Crippen MR) is 68.2 cm³/mol. The second-order valence-corrected chi connectivity index (χ2v) is 6.02.